The zero-order chi connectivity index (χ0) is 21.4. The van der Waals surface area contributed by atoms with Gasteiger partial charge in [0.2, 0.25) is 0 Å². The molecule has 3 aromatic rings. The van der Waals surface area contributed by atoms with Gasteiger partial charge in [-0.3, -0.25) is 4.90 Å². The Labute approximate surface area is 186 Å². The van der Waals surface area contributed by atoms with Crippen LogP contribution in [0.25, 0.3) is 0 Å². The fourth-order valence-corrected chi connectivity index (χ4v) is 4.09. The molecule has 162 valence electrons. The zero-order valence-electron chi connectivity index (χ0n) is 17.7. The van der Waals surface area contributed by atoms with Crippen LogP contribution in [-0.4, -0.2) is 39.0 Å². The predicted octanol–water partition coefficient (Wildman–Crippen LogP) is 4.09. The van der Waals surface area contributed by atoms with E-state index in [1.165, 1.54) is 18.4 Å². The SMILES string of the molecule is COc1ccc(CN(Cn2nc(C3COc4ccccc4O3)n(C)c2=S)C2CC2)cc1. The van der Waals surface area contributed by atoms with E-state index in [1.54, 1.807) is 7.11 Å². The number of nitrogens with zero attached hydrogens (tertiary/aromatic N) is 4. The van der Waals surface area contributed by atoms with Crippen molar-refractivity contribution >= 4 is 12.2 Å². The fourth-order valence-electron chi connectivity index (χ4n) is 3.90. The summed E-state index contributed by atoms with van der Waals surface area (Å²) in [7, 11) is 3.63. The summed E-state index contributed by atoms with van der Waals surface area (Å²) in [5.74, 6) is 3.14. The van der Waals surface area contributed by atoms with Gasteiger partial charge in [-0.2, -0.15) is 5.10 Å². The highest BCUT2D eigenvalue weighted by molar-refractivity contribution is 7.71. The third-order valence-corrected chi connectivity index (χ3v) is 6.28. The van der Waals surface area contributed by atoms with E-state index in [9.17, 15) is 0 Å². The molecule has 1 aliphatic carbocycles. The van der Waals surface area contributed by atoms with E-state index in [-0.39, 0.29) is 6.10 Å². The third-order valence-electron chi connectivity index (χ3n) is 5.79. The van der Waals surface area contributed by atoms with Crippen LogP contribution in [0.3, 0.4) is 0 Å². The van der Waals surface area contributed by atoms with Gasteiger partial charge in [0, 0.05) is 19.6 Å². The average molecular weight is 439 g/mol. The monoisotopic (exact) mass is 438 g/mol. The molecule has 1 aromatic heterocycles. The summed E-state index contributed by atoms with van der Waals surface area (Å²) in [6, 6.07) is 16.5. The van der Waals surface area contributed by atoms with E-state index in [0.717, 1.165) is 29.6 Å². The number of hydrogen-bond acceptors (Lipinski definition) is 6. The minimum absolute atomic E-state index is 0.293. The summed E-state index contributed by atoms with van der Waals surface area (Å²) in [4.78, 5) is 2.43. The van der Waals surface area contributed by atoms with Crippen LogP contribution in [0.5, 0.6) is 17.2 Å². The van der Waals surface area contributed by atoms with Crippen LogP contribution in [0, 0.1) is 4.77 Å². The zero-order valence-corrected chi connectivity index (χ0v) is 18.5. The van der Waals surface area contributed by atoms with Crippen LogP contribution in [0.4, 0.5) is 0 Å². The molecule has 1 fully saturated rings. The molecule has 2 aliphatic rings. The molecule has 0 radical (unpaired) electrons. The van der Waals surface area contributed by atoms with E-state index in [1.807, 2.05) is 52.7 Å². The van der Waals surface area contributed by atoms with Gasteiger partial charge in [0.05, 0.1) is 13.8 Å². The first-order valence-electron chi connectivity index (χ1n) is 10.5. The maximum atomic E-state index is 6.16. The van der Waals surface area contributed by atoms with Crippen molar-refractivity contribution in [2.45, 2.75) is 38.2 Å². The average Bonchev–Trinajstić information content (AvgIpc) is 3.62. The Morgan fingerprint density at radius 2 is 1.87 bits per heavy atom. The van der Waals surface area contributed by atoms with Gasteiger partial charge < -0.3 is 18.8 Å². The predicted molar refractivity (Wildman–Crippen MR) is 119 cm³/mol. The first-order chi connectivity index (χ1) is 15.1. The molecule has 0 amide bonds. The first kappa shape index (κ1) is 20.1. The molecule has 0 bridgehead atoms. The van der Waals surface area contributed by atoms with Crippen LogP contribution >= 0.6 is 12.2 Å². The molecule has 1 saturated carbocycles. The van der Waals surface area contributed by atoms with Gasteiger partial charge in [0.1, 0.15) is 12.4 Å². The summed E-state index contributed by atoms with van der Waals surface area (Å²) >= 11 is 5.71. The molecule has 0 saturated heterocycles. The molecule has 1 atom stereocenters. The quantitative estimate of drug-likeness (QED) is 0.518. The fraction of sp³-hybridized carbons (Fsp3) is 0.391. The highest BCUT2D eigenvalue weighted by atomic mass is 32.1. The molecule has 0 spiro atoms. The standard InChI is InChI=1S/C23H26N4O3S/c1-25-22(21-14-29-19-5-3-4-6-20(19)30-21)24-27(23(25)31)15-26(17-9-10-17)13-16-7-11-18(28-2)12-8-16/h3-8,11-12,17,21H,9-10,13-15H2,1-2H3. The van der Waals surface area contributed by atoms with Crippen LogP contribution < -0.4 is 14.2 Å². The number of rotatable bonds is 7. The van der Waals surface area contributed by atoms with Gasteiger partial charge >= 0.3 is 0 Å². The highest BCUT2D eigenvalue weighted by Gasteiger charge is 2.31. The second-order valence-electron chi connectivity index (χ2n) is 8.03. The second-order valence-corrected chi connectivity index (χ2v) is 8.40. The minimum atomic E-state index is -0.293. The van der Waals surface area contributed by atoms with Gasteiger partial charge in [-0.1, -0.05) is 24.3 Å². The van der Waals surface area contributed by atoms with E-state index in [0.29, 0.717) is 24.1 Å². The van der Waals surface area contributed by atoms with Crippen LogP contribution in [0.15, 0.2) is 48.5 Å². The van der Waals surface area contributed by atoms with Gasteiger partial charge in [0.15, 0.2) is 28.2 Å². The minimum Gasteiger partial charge on any atom is -0.497 e. The van der Waals surface area contributed by atoms with Crippen molar-refractivity contribution in [1.29, 1.82) is 0 Å². The summed E-state index contributed by atoms with van der Waals surface area (Å²) in [5.41, 5.74) is 1.25. The number of para-hydroxylation sites is 2. The van der Waals surface area contributed by atoms with E-state index in [2.05, 4.69) is 17.0 Å². The summed E-state index contributed by atoms with van der Waals surface area (Å²) in [6.45, 7) is 1.90. The van der Waals surface area contributed by atoms with E-state index < -0.39 is 0 Å². The molecule has 2 heterocycles. The maximum Gasteiger partial charge on any atom is 0.198 e. The van der Waals surface area contributed by atoms with Gasteiger partial charge in [-0.05, 0) is 54.9 Å². The normalized spacial score (nSPS) is 17.7. The van der Waals surface area contributed by atoms with Crippen molar-refractivity contribution in [3.63, 3.8) is 0 Å². The second kappa shape index (κ2) is 8.36. The molecule has 0 N–H and O–H groups in total. The topological polar surface area (TPSA) is 53.7 Å². The Bertz CT molecular complexity index is 1120. The van der Waals surface area contributed by atoms with E-state index in [4.69, 9.17) is 31.5 Å². The Balaban J connectivity index is 1.34. The summed E-state index contributed by atoms with van der Waals surface area (Å²) in [5, 5.41) is 4.83. The lowest BCUT2D eigenvalue weighted by molar-refractivity contribution is 0.0819. The molecule has 2 aromatic carbocycles. The van der Waals surface area contributed by atoms with Gasteiger partial charge in [0.25, 0.3) is 0 Å². The molecular weight excluding hydrogens is 412 g/mol. The number of fused-ring (bicyclic) bond motifs is 1. The lowest BCUT2D eigenvalue weighted by Gasteiger charge is -2.25. The van der Waals surface area contributed by atoms with Crippen LogP contribution in [0.1, 0.15) is 30.3 Å². The Morgan fingerprint density at radius 3 is 2.58 bits per heavy atom. The molecule has 1 unspecified atom stereocenters. The molecule has 5 rings (SSSR count). The van der Waals surface area contributed by atoms with Crippen molar-refractivity contribution in [3.05, 3.63) is 64.7 Å². The van der Waals surface area contributed by atoms with E-state index >= 15 is 0 Å². The molecule has 31 heavy (non-hydrogen) atoms. The molecule has 8 heteroatoms. The van der Waals surface area contributed by atoms with Crippen LogP contribution in [-0.2, 0) is 20.3 Å². The van der Waals surface area contributed by atoms with Gasteiger partial charge in [-0.15, -0.1) is 0 Å². The lowest BCUT2D eigenvalue weighted by Crippen LogP contribution is -2.29. The lowest BCUT2D eigenvalue weighted by atomic mass is 10.2. The van der Waals surface area contributed by atoms with Crippen molar-refractivity contribution in [1.82, 2.24) is 19.2 Å². The molecule has 1 aliphatic heterocycles. The number of aromatic nitrogens is 3. The van der Waals surface area contributed by atoms with Gasteiger partial charge in [-0.25, -0.2) is 4.68 Å². The highest BCUT2D eigenvalue weighted by Crippen LogP contribution is 2.35. The summed E-state index contributed by atoms with van der Waals surface area (Å²) < 4.78 is 21.8. The van der Waals surface area contributed by atoms with Crippen molar-refractivity contribution in [3.8, 4) is 17.2 Å². The maximum absolute atomic E-state index is 6.16. The largest absolute Gasteiger partial charge is 0.497 e. The molecular formula is C23H26N4O3S. The Kier molecular flexibility index (Phi) is 5.41. The first-order valence-corrected chi connectivity index (χ1v) is 10.9. The van der Waals surface area contributed by atoms with Crippen LogP contribution in [0.2, 0.25) is 0 Å². The van der Waals surface area contributed by atoms with Crippen molar-refractivity contribution in [2.75, 3.05) is 13.7 Å². The third kappa shape index (κ3) is 4.18. The van der Waals surface area contributed by atoms with Crippen molar-refractivity contribution < 1.29 is 14.2 Å². The summed E-state index contributed by atoms with van der Waals surface area (Å²) in [6.07, 6.45) is 2.12. The number of benzene rings is 2. The van der Waals surface area contributed by atoms with Crippen molar-refractivity contribution in [2.24, 2.45) is 7.05 Å². The molecule has 7 nitrogen and oxygen atoms in total. The Hall–Kier alpha value is -2.84. The number of hydrogen-bond donors (Lipinski definition) is 0. The smallest absolute Gasteiger partial charge is 0.198 e. The number of methoxy groups -OCH3 is 1. The Morgan fingerprint density at radius 1 is 1.13 bits per heavy atom. The number of ether oxygens (including phenoxy) is 3.